The Balaban J connectivity index is 2.27. The lowest BCUT2D eigenvalue weighted by molar-refractivity contribution is -0.143. The van der Waals surface area contributed by atoms with Crippen LogP contribution in [0.25, 0.3) is 0 Å². The van der Waals surface area contributed by atoms with E-state index in [1.807, 2.05) is 6.08 Å². The van der Waals surface area contributed by atoms with Crippen LogP contribution in [-0.2, 0) is 14.0 Å². The summed E-state index contributed by atoms with van der Waals surface area (Å²) in [7, 11) is -1.91. The van der Waals surface area contributed by atoms with E-state index in [0.717, 1.165) is 0 Å². The Morgan fingerprint density at radius 1 is 1.27 bits per heavy atom. The average molecular weight is 323 g/mol. The van der Waals surface area contributed by atoms with Gasteiger partial charge in [0.25, 0.3) is 0 Å². The molecule has 124 valence electrons. The first kappa shape index (κ1) is 17.5. The number of esters is 1. The first-order chi connectivity index (χ1) is 10.1. The summed E-state index contributed by atoms with van der Waals surface area (Å²) in [6.45, 7) is 13.3. The Bertz CT molecular complexity index is 483. The normalized spacial score (nSPS) is 28.7. The van der Waals surface area contributed by atoms with Crippen LogP contribution >= 0.6 is 0 Å². The molecule has 0 saturated heterocycles. The van der Waals surface area contributed by atoms with Gasteiger partial charge in [0.15, 0.2) is 8.32 Å². The van der Waals surface area contributed by atoms with Crippen molar-refractivity contribution in [3.8, 4) is 0 Å². The largest absolute Gasteiger partial charge is 0.465 e. The lowest BCUT2D eigenvalue weighted by Gasteiger charge is -2.48. The van der Waals surface area contributed by atoms with Gasteiger partial charge in [-0.2, -0.15) is 0 Å². The molecule has 0 aromatic rings. The highest BCUT2D eigenvalue weighted by Gasteiger charge is 2.54. The van der Waals surface area contributed by atoms with E-state index in [4.69, 9.17) is 9.16 Å². The van der Waals surface area contributed by atoms with Gasteiger partial charge >= 0.3 is 5.97 Å². The first-order valence-corrected chi connectivity index (χ1v) is 11.2. The fourth-order valence-corrected chi connectivity index (χ4v) is 4.41. The van der Waals surface area contributed by atoms with Gasteiger partial charge in [-0.25, -0.2) is 0 Å². The molecule has 2 rings (SSSR count). The highest BCUT2D eigenvalue weighted by Crippen LogP contribution is 2.52. The molecular formula is C18H30O3Si. The second-order valence-electron chi connectivity index (χ2n) is 8.14. The number of carbonyl (C=O) groups is 1. The van der Waals surface area contributed by atoms with Crippen LogP contribution < -0.4 is 0 Å². The van der Waals surface area contributed by atoms with Crippen LogP contribution in [0, 0.1) is 11.8 Å². The summed E-state index contributed by atoms with van der Waals surface area (Å²) >= 11 is 0. The maximum atomic E-state index is 11.2. The van der Waals surface area contributed by atoms with Crippen molar-refractivity contribution in [3.05, 3.63) is 24.3 Å². The predicted molar refractivity (Wildman–Crippen MR) is 92.1 cm³/mol. The van der Waals surface area contributed by atoms with Gasteiger partial charge in [0.1, 0.15) is 6.61 Å². The van der Waals surface area contributed by atoms with E-state index in [1.165, 1.54) is 19.8 Å². The van der Waals surface area contributed by atoms with Crippen LogP contribution in [0.2, 0.25) is 18.1 Å². The zero-order chi connectivity index (χ0) is 16.6. The lowest BCUT2D eigenvalue weighted by Crippen LogP contribution is -2.54. The SMILES string of the molecule is CC(=O)OC[C@@H]1C=CC=CC1(O[Si](C)(C)C(C)(C)C)C1CC1. The Labute approximate surface area is 135 Å². The van der Waals surface area contributed by atoms with Crippen LogP contribution in [-0.4, -0.2) is 26.5 Å². The maximum Gasteiger partial charge on any atom is 0.302 e. The van der Waals surface area contributed by atoms with Gasteiger partial charge in [-0.15, -0.1) is 0 Å². The fourth-order valence-electron chi connectivity index (χ4n) is 2.83. The molecule has 1 unspecified atom stereocenters. The van der Waals surface area contributed by atoms with E-state index in [1.54, 1.807) is 0 Å². The quantitative estimate of drug-likeness (QED) is 0.553. The maximum absolute atomic E-state index is 11.2. The molecule has 0 spiro atoms. The third-order valence-corrected chi connectivity index (χ3v) is 9.79. The van der Waals surface area contributed by atoms with E-state index in [0.29, 0.717) is 12.5 Å². The Morgan fingerprint density at radius 3 is 2.41 bits per heavy atom. The minimum Gasteiger partial charge on any atom is -0.465 e. The number of hydrogen-bond donors (Lipinski definition) is 0. The molecule has 0 aliphatic heterocycles. The van der Waals surface area contributed by atoms with Crippen LogP contribution in [0.3, 0.4) is 0 Å². The molecule has 2 aliphatic carbocycles. The molecule has 0 bridgehead atoms. The number of ether oxygens (including phenoxy) is 1. The summed E-state index contributed by atoms with van der Waals surface area (Å²) in [5.41, 5.74) is -0.298. The van der Waals surface area contributed by atoms with Crippen molar-refractivity contribution in [2.45, 2.75) is 64.3 Å². The summed E-state index contributed by atoms with van der Waals surface area (Å²) in [6.07, 6.45) is 10.9. The van der Waals surface area contributed by atoms with Crippen molar-refractivity contribution in [1.29, 1.82) is 0 Å². The van der Waals surface area contributed by atoms with Gasteiger partial charge in [0.05, 0.1) is 5.60 Å². The number of carbonyl (C=O) groups excluding carboxylic acids is 1. The molecule has 0 aromatic carbocycles. The molecule has 2 aliphatic rings. The number of hydrogen-bond acceptors (Lipinski definition) is 3. The van der Waals surface area contributed by atoms with E-state index < -0.39 is 8.32 Å². The van der Waals surface area contributed by atoms with E-state index in [2.05, 4.69) is 52.1 Å². The predicted octanol–water partition coefficient (Wildman–Crippen LogP) is 4.46. The summed E-state index contributed by atoms with van der Waals surface area (Å²) in [5.74, 6) is 0.436. The molecule has 2 atom stereocenters. The van der Waals surface area contributed by atoms with Crippen molar-refractivity contribution < 1.29 is 14.0 Å². The number of allylic oxidation sites excluding steroid dienone is 2. The fraction of sp³-hybridized carbons (Fsp3) is 0.722. The molecule has 22 heavy (non-hydrogen) atoms. The molecule has 3 nitrogen and oxygen atoms in total. The molecule has 0 aromatic heterocycles. The Morgan fingerprint density at radius 2 is 1.91 bits per heavy atom. The summed E-state index contributed by atoms with van der Waals surface area (Å²) in [4.78, 5) is 11.2. The first-order valence-electron chi connectivity index (χ1n) is 8.28. The van der Waals surface area contributed by atoms with Gasteiger partial charge in [-0.3, -0.25) is 4.79 Å². The van der Waals surface area contributed by atoms with Gasteiger partial charge in [-0.1, -0.05) is 45.1 Å². The van der Waals surface area contributed by atoms with Crippen LogP contribution in [0.15, 0.2) is 24.3 Å². The summed E-state index contributed by atoms with van der Waals surface area (Å²) in [5, 5.41) is 0.163. The van der Waals surface area contributed by atoms with Crippen molar-refractivity contribution in [1.82, 2.24) is 0 Å². The minimum atomic E-state index is -1.91. The van der Waals surface area contributed by atoms with Crippen molar-refractivity contribution in [3.63, 3.8) is 0 Å². The second kappa shape index (κ2) is 5.97. The molecule has 0 heterocycles. The molecular weight excluding hydrogens is 292 g/mol. The zero-order valence-electron chi connectivity index (χ0n) is 14.8. The summed E-state index contributed by atoms with van der Waals surface area (Å²) in [6, 6.07) is 0. The minimum absolute atomic E-state index is 0.114. The highest BCUT2D eigenvalue weighted by molar-refractivity contribution is 6.74. The van der Waals surface area contributed by atoms with Crippen molar-refractivity contribution in [2.24, 2.45) is 11.8 Å². The monoisotopic (exact) mass is 322 g/mol. The van der Waals surface area contributed by atoms with Crippen LogP contribution in [0.1, 0.15) is 40.5 Å². The van der Waals surface area contributed by atoms with Crippen LogP contribution in [0.5, 0.6) is 0 Å². The average Bonchev–Trinajstić information content (AvgIpc) is 3.20. The van der Waals surface area contributed by atoms with Gasteiger partial charge in [0.2, 0.25) is 0 Å². The second-order valence-corrected chi connectivity index (χ2v) is 12.9. The van der Waals surface area contributed by atoms with Crippen molar-refractivity contribution >= 4 is 14.3 Å². The van der Waals surface area contributed by atoms with Crippen molar-refractivity contribution in [2.75, 3.05) is 6.61 Å². The van der Waals surface area contributed by atoms with Gasteiger partial charge < -0.3 is 9.16 Å². The molecule has 4 heteroatoms. The smallest absolute Gasteiger partial charge is 0.302 e. The standard InChI is InChI=1S/C18H30O3Si/c1-14(19)20-13-16-9-7-8-12-18(16,15-10-11-15)21-22(5,6)17(2,3)4/h7-9,12,15-16H,10-11,13H2,1-6H3/t16-,18?/m0/s1. The molecule has 0 amide bonds. The van der Waals surface area contributed by atoms with E-state index in [9.17, 15) is 4.79 Å². The van der Waals surface area contributed by atoms with E-state index >= 15 is 0 Å². The molecule has 0 N–H and O–H groups in total. The third-order valence-electron chi connectivity index (χ3n) is 5.31. The Kier molecular flexibility index (Phi) is 4.74. The molecule has 1 fully saturated rings. The highest BCUT2D eigenvalue weighted by atomic mass is 28.4. The third kappa shape index (κ3) is 3.54. The molecule has 1 saturated carbocycles. The zero-order valence-corrected chi connectivity index (χ0v) is 15.8. The van der Waals surface area contributed by atoms with Gasteiger partial charge in [0, 0.05) is 12.8 Å². The Hall–Kier alpha value is -0.873. The molecule has 0 radical (unpaired) electrons. The number of rotatable bonds is 5. The topological polar surface area (TPSA) is 35.5 Å². The summed E-state index contributed by atoms with van der Waals surface area (Å²) < 4.78 is 12.2. The van der Waals surface area contributed by atoms with E-state index in [-0.39, 0.29) is 22.5 Å². The van der Waals surface area contributed by atoms with Crippen LogP contribution in [0.4, 0.5) is 0 Å². The van der Waals surface area contributed by atoms with Gasteiger partial charge in [-0.05, 0) is 36.9 Å². The lowest BCUT2D eigenvalue weighted by atomic mass is 9.80.